The predicted octanol–water partition coefficient (Wildman–Crippen LogP) is 10.2. The van der Waals surface area contributed by atoms with Crippen molar-refractivity contribution in [1.82, 2.24) is 15.0 Å². The number of hydrogen-bond donors (Lipinski definition) is 3. The highest BCUT2D eigenvalue weighted by Crippen LogP contribution is 2.53. The number of H-pyrrole nitrogens is 3. The minimum absolute atomic E-state index is 1.23. The van der Waals surface area contributed by atoms with Crippen LogP contribution in [0.5, 0.6) is 0 Å². The lowest BCUT2D eigenvalue weighted by atomic mass is 9.87. The Morgan fingerprint density at radius 1 is 0.361 bits per heavy atom. The van der Waals surface area contributed by atoms with Gasteiger partial charge in [0.2, 0.25) is 0 Å². The summed E-state index contributed by atoms with van der Waals surface area (Å²) in [4.78, 5) is 11.0. The molecule has 0 saturated carbocycles. The van der Waals surface area contributed by atoms with Crippen LogP contribution >= 0.6 is 34.0 Å². The summed E-state index contributed by atoms with van der Waals surface area (Å²) in [6.45, 7) is 0. The molecule has 4 aromatic carbocycles. The molecule has 0 aliphatic heterocycles. The largest absolute Gasteiger partial charge is 0.361 e. The fourth-order valence-electron chi connectivity index (χ4n) is 6.75. The Hall–Kier alpha value is -3.84. The van der Waals surface area contributed by atoms with Gasteiger partial charge >= 0.3 is 0 Å². The van der Waals surface area contributed by atoms with E-state index in [0.29, 0.717) is 0 Å². The third kappa shape index (κ3) is 1.90. The van der Waals surface area contributed by atoms with Gasteiger partial charge in [0.15, 0.2) is 0 Å². The molecule has 6 heteroatoms. The maximum Gasteiger partial charge on any atom is 0.0555 e. The predicted molar refractivity (Wildman–Crippen MR) is 161 cm³/mol. The SMILES string of the molecule is c1cc2c([nH]1)c1c3c4ccsc4c4cc[nH]c4c3c3c4ccsc4c4cc[nH]c4c3c1c1ccsc21. The zero-order valence-electron chi connectivity index (χ0n) is 18.7. The molecule has 0 fully saturated rings. The number of benzene rings is 4. The van der Waals surface area contributed by atoms with Crippen molar-refractivity contribution in [2.24, 2.45) is 0 Å². The first-order valence-electron chi connectivity index (χ1n) is 11.9. The molecule has 10 rings (SSSR count). The summed E-state index contributed by atoms with van der Waals surface area (Å²) in [5.74, 6) is 0. The van der Waals surface area contributed by atoms with Gasteiger partial charge < -0.3 is 15.0 Å². The van der Waals surface area contributed by atoms with Crippen LogP contribution in [0.3, 0.4) is 0 Å². The molecule has 0 saturated heterocycles. The van der Waals surface area contributed by atoms with Gasteiger partial charge in [-0.2, -0.15) is 0 Å². The van der Waals surface area contributed by atoms with E-state index in [0.717, 1.165) is 0 Å². The summed E-state index contributed by atoms with van der Waals surface area (Å²) in [6.07, 6.45) is 6.30. The highest BCUT2D eigenvalue weighted by molar-refractivity contribution is 7.19. The number of aromatic amines is 3. The Labute approximate surface area is 214 Å². The Morgan fingerprint density at radius 3 is 1.03 bits per heavy atom. The summed E-state index contributed by atoms with van der Waals surface area (Å²) in [5.41, 5.74) is 3.70. The fourth-order valence-corrected chi connectivity index (χ4v) is 9.55. The van der Waals surface area contributed by atoms with Gasteiger partial charge in [-0.05, 0) is 52.5 Å². The molecule has 6 aromatic heterocycles. The van der Waals surface area contributed by atoms with Crippen LogP contribution in [0.25, 0.3) is 95.3 Å². The highest BCUT2D eigenvalue weighted by atomic mass is 32.1. The average Bonchev–Trinajstić information content (AvgIpc) is 3.73. The first kappa shape index (κ1) is 18.4. The molecule has 0 spiro atoms. The van der Waals surface area contributed by atoms with Crippen molar-refractivity contribution < 1.29 is 0 Å². The van der Waals surface area contributed by atoms with E-state index in [1.807, 2.05) is 34.0 Å². The van der Waals surface area contributed by atoms with Crippen molar-refractivity contribution in [3.63, 3.8) is 0 Å². The quantitative estimate of drug-likeness (QED) is 0.169. The van der Waals surface area contributed by atoms with Crippen molar-refractivity contribution in [1.29, 1.82) is 0 Å². The molecule has 0 aliphatic carbocycles. The number of aromatic nitrogens is 3. The number of rotatable bonds is 0. The van der Waals surface area contributed by atoms with Crippen molar-refractivity contribution in [3.8, 4) is 0 Å². The van der Waals surface area contributed by atoms with Crippen LogP contribution in [0.2, 0.25) is 0 Å². The van der Waals surface area contributed by atoms with Gasteiger partial charge in [0, 0.05) is 97.3 Å². The maximum atomic E-state index is 3.67. The number of hydrogen-bond acceptors (Lipinski definition) is 3. The van der Waals surface area contributed by atoms with Gasteiger partial charge in [-0.1, -0.05) is 0 Å². The number of thiophene rings is 3. The Balaban J connectivity index is 1.78. The fraction of sp³-hybridized carbons (Fsp3) is 0. The number of fused-ring (bicyclic) bond motifs is 21. The minimum atomic E-state index is 1.23. The van der Waals surface area contributed by atoms with Crippen LogP contribution in [-0.4, -0.2) is 15.0 Å². The summed E-state index contributed by atoms with van der Waals surface area (Å²) in [6, 6.07) is 13.7. The third-order valence-corrected chi connectivity index (χ3v) is 10.9. The molecule has 0 atom stereocenters. The second kappa shape index (κ2) is 6.10. The summed E-state index contributed by atoms with van der Waals surface area (Å²) >= 11 is 5.52. The van der Waals surface area contributed by atoms with E-state index >= 15 is 0 Å². The van der Waals surface area contributed by atoms with E-state index in [1.54, 1.807) is 0 Å². The molecule has 36 heavy (non-hydrogen) atoms. The molecule has 6 heterocycles. The molecule has 168 valence electrons. The van der Waals surface area contributed by atoms with Crippen molar-refractivity contribution in [2.45, 2.75) is 0 Å². The molecule has 0 radical (unpaired) electrons. The summed E-state index contributed by atoms with van der Waals surface area (Å²) in [7, 11) is 0. The second-order valence-corrected chi connectivity index (χ2v) is 12.3. The van der Waals surface area contributed by atoms with E-state index in [4.69, 9.17) is 0 Å². The van der Waals surface area contributed by atoms with Crippen LogP contribution in [0.15, 0.2) is 71.1 Å². The molecule has 3 N–H and O–H groups in total. The Kier molecular flexibility index (Phi) is 3.12. The van der Waals surface area contributed by atoms with Crippen LogP contribution < -0.4 is 0 Å². The molecule has 0 unspecified atom stereocenters. The standard InChI is InChI=1S/C30H15N3S3/c1-7-31-25-16(1)28-13(4-10-34-28)19-22(25)20-14-5-11-35-29(14)18-3-9-33-27(18)24(20)21-15-6-12-36-30(15)17-2-8-32-26(17)23(19)21/h1-12,31-33H. The molecular formula is C30H15N3S3. The maximum absolute atomic E-state index is 3.67. The van der Waals surface area contributed by atoms with E-state index in [-0.39, 0.29) is 0 Å². The van der Waals surface area contributed by atoms with Crippen molar-refractivity contribution >= 4 is 129 Å². The lowest BCUT2D eigenvalue weighted by molar-refractivity contribution is 1.49. The molecular weight excluding hydrogens is 499 g/mol. The first-order chi connectivity index (χ1) is 17.9. The summed E-state index contributed by atoms with van der Waals surface area (Å²) in [5, 5.41) is 22.7. The Morgan fingerprint density at radius 2 is 0.694 bits per heavy atom. The van der Waals surface area contributed by atoms with Gasteiger partial charge in [0.1, 0.15) is 0 Å². The van der Waals surface area contributed by atoms with Crippen molar-refractivity contribution in [2.75, 3.05) is 0 Å². The first-order valence-corrected chi connectivity index (χ1v) is 14.6. The summed E-state index contributed by atoms with van der Waals surface area (Å²) < 4.78 is 4.06. The molecule has 0 amide bonds. The van der Waals surface area contributed by atoms with E-state index in [9.17, 15) is 0 Å². The normalized spacial score (nSPS) is 13.0. The zero-order chi connectivity index (χ0) is 23.1. The van der Waals surface area contributed by atoms with Gasteiger partial charge in [-0.15, -0.1) is 34.0 Å². The monoisotopic (exact) mass is 513 g/mol. The van der Waals surface area contributed by atoms with E-state index in [1.165, 1.54) is 95.3 Å². The third-order valence-electron chi connectivity index (χ3n) is 8.03. The van der Waals surface area contributed by atoms with Crippen LogP contribution in [0.1, 0.15) is 0 Å². The second-order valence-electron chi connectivity index (χ2n) is 9.54. The molecule has 0 aliphatic rings. The van der Waals surface area contributed by atoms with Gasteiger partial charge in [-0.25, -0.2) is 0 Å². The van der Waals surface area contributed by atoms with Gasteiger partial charge in [-0.3, -0.25) is 0 Å². The molecule has 10 aromatic rings. The topological polar surface area (TPSA) is 47.4 Å². The average molecular weight is 514 g/mol. The van der Waals surface area contributed by atoms with E-state index in [2.05, 4.69) is 86.1 Å². The smallest absolute Gasteiger partial charge is 0.0555 e. The van der Waals surface area contributed by atoms with Crippen molar-refractivity contribution in [3.05, 3.63) is 71.1 Å². The molecule has 3 nitrogen and oxygen atoms in total. The lowest BCUT2D eigenvalue weighted by Crippen LogP contribution is -1.90. The van der Waals surface area contributed by atoms with Gasteiger partial charge in [0.05, 0.1) is 16.6 Å². The van der Waals surface area contributed by atoms with Crippen LogP contribution in [0, 0.1) is 0 Å². The van der Waals surface area contributed by atoms with Crippen LogP contribution in [-0.2, 0) is 0 Å². The van der Waals surface area contributed by atoms with Gasteiger partial charge in [0.25, 0.3) is 0 Å². The van der Waals surface area contributed by atoms with E-state index < -0.39 is 0 Å². The zero-order valence-corrected chi connectivity index (χ0v) is 21.1. The Bertz CT molecular complexity index is 2050. The number of nitrogens with one attached hydrogen (secondary N) is 3. The minimum Gasteiger partial charge on any atom is -0.361 e. The van der Waals surface area contributed by atoms with Crippen LogP contribution in [0.4, 0.5) is 0 Å². The molecule has 0 bridgehead atoms. The lowest BCUT2D eigenvalue weighted by Gasteiger charge is -2.17. The highest BCUT2D eigenvalue weighted by Gasteiger charge is 2.25.